The lowest BCUT2D eigenvalue weighted by molar-refractivity contribution is -0.152. The van der Waals surface area contributed by atoms with Crippen molar-refractivity contribution >= 4 is 27.4 Å². The zero-order chi connectivity index (χ0) is 20.9. The van der Waals surface area contributed by atoms with E-state index in [4.69, 9.17) is 4.74 Å². The van der Waals surface area contributed by atoms with Gasteiger partial charge in [0.1, 0.15) is 5.82 Å². The number of rotatable bonds is 7. The van der Waals surface area contributed by atoms with Gasteiger partial charge in [-0.05, 0) is 56.2 Å². The predicted octanol–water partition coefficient (Wildman–Crippen LogP) is 3.18. The second-order valence-electron chi connectivity index (χ2n) is 6.41. The van der Waals surface area contributed by atoms with Crippen molar-refractivity contribution in [2.75, 3.05) is 11.1 Å². The molecule has 6 nitrogen and oxygen atoms in total. The van der Waals surface area contributed by atoms with Crippen LogP contribution in [-0.2, 0) is 24.2 Å². The van der Waals surface area contributed by atoms with Crippen LogP contribution in [0.5, 0.6) is 0 Å². The number of sulfone groups is 1. The molecule has 1 atom stereocenters. The summed E-state index contributed by atoms with van der Waals surface area (Å²) in [4.78, 5) is 24.1. The van der Waals surface area contributed by atoms with Crippen molar-refractivity contribution in [1.29, 1.82) is 0 Å². The minimum Gasteiger partial charge on any atom is -0.453 e. The Balaban J connectivity index is 1.91. The number of hydrogen-bond acceptors (Lipinski definition) is 5. The third-order valence-electron chi connectivity index (χ3n) is 4.15. The number of halogens is 1. The Morgan fingerprint density at radius 1 is 1.07 bits per heavy atom. The maximum absolute atomic E-state index is 12.9. The Morgan fingerprint density at radius 2 is 1.64 bits per heavy atom. The number of esters is 1. The molecule has 0 spiro atoms. The minimum atomic E-state index is -3.76. The molecular formula is C20H22FNO5S. The van der Waals surface area contributed by atoms with Crippen LogP contribution >= 0.6 is 0 Å². The molecule has 2 aromatic rings. The quantitative estimate of drug-likeness (QED) is 0.562. The van der Waals surface area contributed by atoms with Crippen molar-refractivity contribution in [3.8, 4) is 0 Å². The number of ether oxygens (including phenoxy) is 1. The zero-order valence-corrected chi connectivity index (χ0v) is 16.7. The number of aryl methyl sites for hydroxylation is 2. The summed E-state index contributed by atoms with van der Waals surface area (Å²) in [6.07, 6.45) is -1.50. The summed E-state index contributed by atoms with van der Waals surface area (Å²) in [6.45, 7) is 5.11. The van der Waals surface area contributed by atoms with Crippen LogP contribution in [0.4, 0.5) is 10.1 Å². The van der Waals surface area contributed by atoms with E-state index in [0.29, 0.717) is 5.69 Å². The number of para-hydroxylation sites is 1. The van der Waals surface area contributed by atoms with Crippen molar-refractivity contribution in [2.45, 2.75) is 38.2 Å². The van der Waals surface area contributed by atoms with Crippen LogP contribution in [0.3, 0.4) is 0 Å². The van der Waals surface area contributed by atoms with E-state index in [2.05, 4.69) is 5.32 Å². The lowest BCUT2D eigenvalue weighted by Crippen LogP contribution is -2.31. The number of anilines is 1. The molecule has 28 heavy (non-hydrogen) atoms. The van der Waals surface area contributed by atoms with Crippen molar-refractivity contribution < 1.29 is 27.1 Å². The average Bonchev–Trinajstić information content (AvgIpc) is 2.63. The van der Waals surface area contributed by atoms with Gasteiger partial charge in [0.25, 0.3) is 5.91 Å². The Bertz CT molecular complexity index is 950. The Kier molecular flexibility index (Phi) is 6.90. The molecule has 150 valence electrons. The lowest BCUT2D eigenvalue weighted by Gasteiger charge is -2.16. The highest BCUT2D eigenvalue weighted by atomic mass is 32.2. The average molecular weight is 407 g/mol. The van der Waals surface area contributed by atoms with Gasteiger partial charge in [-0.25, -0.2) is 12.8 Å². The van der Waals surface area contributed by atoms with Gasteiger partial charge in [0, 0.05) is 5.69 Å². The molecule has 1 amide bonds. The summed E-state index contributed by atoms with van der Waals surface area (Å²) in [6, 6.07) is 9.90. The fraction of sp³-hybridized carbons (Fsp3) is 0.300. The highest BCUT2D eigenvalue weighted by Crippen LogP contribution is 2.20. The molecule has 0 saturated carbocycles. The first-order valence-electron chi connectivity index (χ1n) is 8.65. The van der Waals surface area contributed by atoms with Gasteiger partial charge in [-0.2, -0.15) is 0 Å². The van der Waals surface area contributed by atoms with E-state index in [-0.39, 0.29) is 4.90 Å². The second-order valence-corrected chi connectivity index (χ2v) is 8.52. The molecule has 8 heteroatoms. The molecule has 0 heterocycles. The third-order valence-corrected chi connectivity index (χ3v) is 5.89. The predicted molar refractivity (Wildman–Crippen MR) is 103 cm³/mol. The van der Waals surface area contributed by atoms with Gasteiger partial charge in [-0.3, -0.25) is 9.59 Å². The van der Waals surface area contributed by atoms with Crippen LogP contribution < -0.4 is 5.32 Å². The summed E-state index contributed by atoms with van der Waals surface area (Å²) < 4.78 is 42.3. The summed E-state index contributed by atoms with van der Waals surface area (Å²) in [7, 11) is -3.76. The van der Waals surface area contributed by atoms with E-state index in [1.54, 1.807) is 0 Å². The zero-order valence-electron chi connectivity index (χ0n) is 15.9. The first kappa shape index (κ1) is 21.6. The number of amides is 1. The molecule has 2 rings (SSSR count). The van der Waals surface area contributed by atoms with Crippen LogP contribution in [0.25, 0.3) is 0 Å². The molecule has 0 unspecified atom stereocenters. The molecule has 0 aliphatic heterocycles. The van der Waals surface area contributed by atoms with Gasteiger partial charge in [0.2, 0.25) is 0 Å². The van der Waals surface area contributed by atoms with Crippen LogP contribution in [0.15, 0.2) is 47.4 Å². The van der Waals surface area contributed by atoms with E-state index < -0.39 is 45.8 Å². The lowest BCUT2D eigenvalue weighted by atomic mass is 10.1. The summed E-state index contributed by atoms with van der Waals surface area (Å²) >= 11 is 0. The molecule has 0 aliphatic carbocycles. The van der Waals surface area contributed by atoms with Gasteiger partial charge in [0.15, 0.2) is 15.9 Å². The van der Waals surface area contributed by atoms with E-state index in [1.807, 2.05) is 32.0 Å². The molecule has 0 saturated heterocycles. The normalized spacial score (nSPS) is 12.3. The van der Waals surface area contributed by atoms with Crippen molar-refractivity contribution in [1.82, 2.24) is 0 Å². The van der Waals surface area contributed by atoms with Gasteiger partial charge in [0.05, 0.1) is 17.1 Å². The van der Waals surface area contributed by atoms with E-state index in [0.717, 1.165) is 35.4 Å². The van der Waals surface area contributed by atoms with Gasteiger partial charge >= 0.3 is 5.97 Å². The van der Waals surface area contributed by atoms with Crippen LogP contribution in [-0.4, -0.2) is 32.2 Å². The monoisotopic (exact) mass is 407 g/mol. The summed E-state index contributed by atoms with van der Waals surface area (Å²) in [5.74, 6) is -2.37. The first-order valence-corrected chi connectivity index (χ1v) is 10.3. The smallest absolute Gasteiger partial charge is 0.307 e. The maximum atomic E-state index is 12.9. The molecule has 0 fully saturated rings. The molecule has 0 radical (unpaired) electrons. The van der Waals surface area contributed by atoms with Crippen LogP contribution in [0.1, 0.15) is 24.5 Å². The molecular weight excluding hydrogens is 385 g/mol. The van der Waals surface area contributed by atoms with Crippen molar-refractivity contribution in [3.63, 3.8) is 0 Å². The van der Waals surface area contributed by atoms with Crippen LogP contribution in [0.2, 0.25) is 0 Å². The van der Waals surface area contributed by atoms with Crippen LogP contribution in [0, 0.1) is 19.7 Å². The van der Waals surface area contributed by atoms with E-state index >= 15 is 0 Å². The fourth-order valence-electron chi connectivity index (χ4n) is 2.52. The van der Waals surface area contributed by atoms with E-state index in [1.165, 1.54) is 6.92 Å². The second kappa shape index (κ2) is 8.97. The van der Waals surface area contributed by atoms with Crippen molar-refractivity contribution in [3.05, 3.63) is 59.4 Å². The number of carbonyl (C=O) groups excluding carboxylic acids is 2. The third kappa shape index (κ3) is 5.63. The first-order chi connectivity index (χ1) is 13.1. The number of hydrogen-bond donors (Lipinski definition) is 1. The Labute approximate surface area is 163 Å². The Morgan fingerprint density at radius 3 is 2.21 bits per heavy atom. The molecule has 0 aromatic heterocycles. The van der Waals surface area contributed by atoms with Crippen molar-refractivity contribution in [2.24, 2.45) is 0 Å². The number of carbonyl (C=O) groups is 2. The molecule has 2 aromatic carbocycles. The summed E-state index contributed by atoms with van der Waals surface area (Å²) in [5.41, 5.74) is 2.39. The highest BCUT2D eigenvalue weighted by Gasteiger charge is 2.22. The number of benzene rings is 2. The standard InChI is InChI=1S/C20H22FNO5S/c1-13-5-4-6-14(2)19(13)22-20(24)15(3)27-18(23)11-12-28(25,26)17-9-7-16(21)8-10-17/h4-10,15H,11-12H2,1-3H3,(H,22,24)/t15-/m1/s1. The van der Waals surface area contributed by atoms with Gasteiger partial charge in [-0.15, -0.1) is 0 Å². The fourth-order valence-corrected chi connectivity index (χ4v) is 3.75. The summed E-state index contributed by atoms with van der Waals surface area (Å²) in [5, 5.41) is 2.72. The molecule has 1 N–H and O–H groups in total. The minimum absolute atomic E-state index is 0.0810. The van der Waals surface area contributed by atoms with E-state index in [9.17, 15) is 22.4 Å². The van der Waals surface area contributed by atoms with Gasteiger partial charge < -0.3 is 10.1 Å². The number of nitrogens with one attached hydrogen (secondary N) is 1. The molecule has 0 bridgehead atoms. The Hall–Kier alpha value is -2.74. The largest absolute Gasteiger partial charge is 0.453 e. The SMILES string of the molecule is Cc1cccc(C)c1NC(=O)[C@@H](C)OC(=O)CCS(=O)(=O)c1ccc(F)cc1. The maximum Gasteiger partial charge on any atom is 0.307 e. The van der Waals surface area contributed by atoms with Gasteiger partial charge in [-0.1, -0.05) is 18.2 Å². The molecule has 0 aliphatic rings. The highest BCUT2D eigenvalue weighted by molar-refractivity contribution is 7.91. The topological polar surface area (TPSA) is 89.5 Å².